The van der Waals surface area contributed by atoms with Crippen LogP contribution in [0.15, 0.2) is 22.7 Å². The highest BCUT2D eigenvalue weighted by Gasteiger charge is 2.14. The summed E-state index contributed by atoms with van der Waals surface area (Å²) in [7, 11) is 0. The smallest absolute Gasteiger partial charge is 0.0485 e. The Morgan fingerprint density at radius 3 is 2.88 bits per heavy atom. The average molecular weight is 317 g/mol. The summed E-state index contributed by atoms with van der Waals surface area (Å²) >= 11 is 9.47. The van der Waals surface area contributed by atoms with Gasteiger partial charge in [-0.1, -0.05) is 28.9 Å². The van der Waals surface area contributed by atoms with Crippen LogP contribution in [-0.2, 0) is 5.88 Å². The van der Waals surface area contributed by atoms with E-state index in [2.05, 4.69) is 46.0 Å². The Kier molecular flexibility index (Phi) is 4.75. The molecule has 0 aliphatic carbocycles. The van der Waals surface area contributed by atoms with Crippen molar-refractivity contribution in [1.82, 2.24) is 0 Å². The maximum absolute atomic E-state index is 5.87. The molecule has 94 valence electrons. The van der Waals surface area contributed by atoms with Crippen molar-refractivity contribution in [3.8, 4) is 0 Å². The average Bonchev–Trinajstić information content (AvgIpc) is 2.54. The molecular formula is C14H19BrClN. The van der Waals surface area contributed by atoms with Crippen molar-refractivity contribution in [1.29, 1.82) is 0 Å². The molecule has 0 bridgehead atoms. The lowest BCUT2D eigenvalue weighted by Crippen LogP contribution is -2.24. The van der Waals surface area contributed by atoms with Crippen LogP contribution in [-0.4, -0.2) is 13.1 Å². The van der Waals surface area contributed by atoms with Crippen LogP contribution in [0.5, 0.6) is 0 Å². The first-order valence-corrected chi connectivity index (χ1v) is 7.63. The zero-order chi connectivity index (χ0) is 12.3. The summed E-state index contributed by atoms with van der Waals surface area (Å²) in [6.07, 6.45) is 3.96. The van der Waals surface area contributed by atoms with E-state index in [1.165, 1.54) is 43.6 Å². The van der Waals surface area contributed by atoms with Crippen LogP contribution in [0.1, 0.15) is 31.7 Å². The Hall–Kier alpha value is -0.210. The Morgan fingerprint density at radius 2 is 2.18 bits per heavy atom. The van der Waals surface area contributed by atoms with Gasteiger partial charge in [-0.05, 0) is 42.9 Å². The van der Waals surface area contributed by atoms with E-state index in [-0.39, 0.29) is 0 Å². The summed E-state index contributed by atoms with van der Waals surface area (Å²) in [4.78, 5) is 2.49. The number of benzene rings is 1. The monoisotopic (exact) mass is 315 g/mol. The Bertz CT molecular complexity index is 380. The van der Waals surface area contributed by atoms with Crippen molar-refractivity contribution in [2.75, 3.05) is 18.0 Å². The van der Waals surface area contributed by atoms with E-state index in [1.807, 2.05) is 0 Å². The van der Waals surface area contributed by atoms with Crippen molar-refractivity contribution in [2.45, 2.75) is 32.1 Å². The van der Waals surface area contributed by atoms with Crippen molar-refractivity contribution >= 4 is 33.2 Å². The minimum absolute atomic E-state index is 0.567. The first-order chi connectivity index (χ1) is 8.20. The van der Waals surface area contributed by atoms with Gasteiger partial charge in [0, 0.05) is 29.1 Å². The van der Waals surface area contributed by atoms with Gasteiger partial charge in [0.05, 0.1) is 0 Å². The molecule has 1 aliphatic heterocycles. The van der Waals surface area contributed by atoms with E-state index < -0.39 is 0 Å². The molecule has 0 amide bonds. The first-order valence-electron chi connectivity index (χ1n) is 6.30. The molecule has 1 fully saturated rings. The van der Waals surface area contributed by atoms with Crippen molar-refractivity contribution < 1.29 is 0 Å². The predicted octanol–water partition coefficient (Wildman–Crippen LogP) is 4.81. The fraction of sp³-hybridized carbons (Fsp3) is 0.571. The zero-order valence-electron chi connectivity index (χ0n) is 10.3. The molecule has 0 radical (unpaired) electrons. The van der Waals surface area contributed by atoms with Crippen molar-refractivity contribution in [3.63, 3.8) is 0 Å². The predicted molar refractivity (Wildman–Crippen MR) is 78.9 cm³/mol. The molecule has 3 heteroatoms. The molecule has 0 saturated carbocycles. The third-order valence-electron chi connectivity index (χ3n) is 3.56. The second kappa shape index (κ2) is 6.10. The number of rotatable bonds is 2. The highest BCUT2D eigenvalue weighted by Crippen LogP contribution is 2.27. The number of hydrogen-bond acceptors (Lipinski definition) is 1. The molecule has 0 N–H and O–H groups in total. The highest BCUT2D eigenvalue weighted by atomic mass is 79.9. The van der Waals surface area contributed by atoms with Crippen LogP contribution < -0.4 is 4.90 Å². The van der Waals surface area contributed by atoms with E-state index in [0.717, 1.165) is 10.4 Å². The van der Waals surface area contributed by atoms with Gasteiger partial charge < -0.3 is 4.90 Å². The van der Waals surface area contributed by atoms with Gasteiger partial charge in [-0.2, -0.15) is 0 Å². The largest absolute Gasteiger partial charge is 0.371 e. The van der Waals surface area contributed by atoms with Crippen molar-refractivity contribution in [3.05, 3.63) is 28.2 Å². The molecule has 1 saturated heterocycles. The van der Waals surface area contributed by atoms with E-state index in [4.69, 9.17) is 11.6 Å². The van der Waals surface area contributed by atoms with Crippen LogP contribution in [0.25, 0.3) is 0 Å². The summed E-state index contributed by atoms with van der Waals surface area (Å²) in [5.74, 6) is 1.43. The summed E-state index contributed by atoms with van der Waals surface area (Å²) in [5, 5.41) is 0. The Balaban J connectivity index is 2.13. The SMILES string of the molecule is CC1CCCN(c2ccc(CCl)c(Br)c2)CC1. The maximum atomic E-state index is 5.87. The van der Waals surface area contributed by atoms with Crippen LogP contribution in [0.3, 0.4) is 0 Å². The number of anilines is 1. The van der Waals surface area contributed by atoms with Crippen LogP contribution in [0.4, 0.5) is 5.69 Å². The molecule has 1 heterocycles. The lowest BCUT2D eigenvalue weighted by molar-refractivity contribution is 0.521. The van der Waals surface area contributed by atoms with Gasteiger partial charge in [0.25, 0.3) is 0 Å². The van der Waals surface area contributed by atoms with E-state index in [1.54, 1.807) is 0 Å². The summed E-state index contributed by atoms with van der Waals surface area (Å²) in [6, 6.07) is 6.52. The Labute approximate surface area is 117 Å². The Morgan fingerprint density at radius 1 is 1.35 bits per heavy atom. The van der Waals surface area contributed by atoms with E-state index in [0.29, 0.717) is 5.88 Å². The molecule has 1 aliphatic rings. The fourth-order valence-corrected chi connectivity index (χ4v) is 3.26. The van der Waals surface area contributed by atoms with Gasteiger partial charge in [-0.25, -0.2) is 0 Å². The third kappa shape index (κ3) is 3.38. The maximum Gasteiger partial charge on any atom is 0.0485 e. The number of hydrogen-bond donors (Lipinski definition) is 0. The number of halogens is 2. The first kappa shape index (κ1) is 13.2. The number of alkyl halides is 1. The van der Waals surface area contributed by atoms with Crippen LogP contribution >= 0.6 is 27.5 Å². The van der Waals surface area contributed by atoms with Crippen LogP contribution in [0.2, 0.25) is 0 Å². The third-order valence-corrected chi connectivity index (χ3v) is 4.59. The molecule has 1 unspecified atom stereocenters. The second-order valence-electron chi connectivity index (χ2n) is 4.93. The van der Waals surface area contributed by atoms with Crippen LogP contribution in [0, 0.1) is 5.92 Å². The molecule has 0 spiro atoms. The van der Waals surface area contributed by atoms with E-state index in [9.17, 15) is 0 Å². The van der Waals surface area contributed by atoms with Crippen molar-refractivity contribution in [2.24, 2.45) is 5.92 Å². The fourth-order valence-electron chi connectivity index (χ4n) is 2.36. The molecule has 17 heavy (non-hydrogen) atoms. The molecule has 0 aromatic heterocycles. The van der Waals surface area contributed by atoms with Gasteiger partial charge in [-0.15, -0.1) is 11.6 Å². The summed E-state index contributed by atoms with van der Waals surface area (Å²) < 4.78 is 1.13. The summed E-state index contributed by atoms with van der Waals surface area (Å²) in [6.45, 7) is 4.71. The highest BCUT2D eigenvalue weighted by molar-refractivity contribution is 9.10. The molecule has 1 nitrogen and oxygen atoms in total. The van der Waals surface area contributed by atoms with Gasteiger partial charge >= 0.3 is 0 Å². The van der Waals surface area contributed by atoms with Gasteiger partial charge in [0.2, 0.25) is 0 Å². The second-order valence-corrected chi connectivity index (χ2v) is 6.05. The normalized spacial score (nSPS) is 21.4. The van der Waals surface area contributed by atoms with Gasteiger partial charge in [-0.3, -0.25) is 0 Å². The molecule has 1 aromatic carbocycles. The standard InChI is InChI=1S/C14H19BrClN/c1-11-3-2-7-17(8-6-11)13-5-4-12(10-16)14(15)9-13/h4-5,9,11H,2-3,6-8,10H2,1H3. The quantitative estimate of drug-likeness (QED) is 0.707. The lowest BCUT2D eigenvalue weighted by atomic mass is 10.0. The minimum atomic E-state index is 0.567. The molecule has 1 aromatic rings. The minimum Gasteiger partial charge on any atom is -0.371 e. The number of nitrogens with zero attached hydrogens (tertiary/aromatic N) is 1. The topological polar surface area (TPSA) is 3.24 Å². The van der Waals surface area contributed by atoms with Gasteiger partial charge in [0.15, 0.2) is 0 Å². The summed E-state index contributed by atoms with van der Waals surface area (Å²) in [5.41, 5.74) is 2.48. The van der Waals surface area contributed by atoms with E-state index >= 15 is 0 Å². The lowest BCUT2D eigenvalue weighted by Gasteiger charge is -2.23. The molecule has 2 rings (SSSR count). The zero-order valence-corrected chi connectivity index (χ0v) is 12.6. The molecule has 1 atom stereocenters. The van der Waals surface area contributed by atoms with Gasteiger partial charge in [0.1, 0.15) is 0 Å². The molecular weight excluding hydrogens is 298 g/mol.